The van der Waals surface area contributed by atoms with Gasteiger partial charge in [0.1, 0.15) is 0 Å². The molecular formula is C17H12Cl2N2OS. The van der Waals surface area contributed by atoms with Gasteiger partial charge in [0.25, 0.3) is 5.91 Å². The van der Waals surface area contributed by atoms with E-state index >= 15 is 0 Å². The number of anilines is 1. The monoisotopic (exact) mass is 362 g/mol. The Morgan fingerprint density at radius 1 is 1.09 bits per heavy atom. The molecule has 116 valence electrons. The van der Waals surface area contributed by atoms with E-state index in [2.05, 4.69) is 10.3 Å². The van der Waals surface area contributed by atoms with Gasteiger partial charge in [-0.3, -0.25) is 10.1 Å². The molecule has 2 aromatic carbocycles. The molecule has 1 N–H and O–H groups in total. The van der Waals surface area contributed by atoms with Gasteiger partial charge in [-0.2, -0.15) is 0 Å². The molecule has 0 radical (unpaired) electrons. The van der Waals surface area contributed by atoms with Gasteiger partial charge in [0.05, 0.1) is 15.7 Å². The third kappa shape index (κ3) is 3.72. The Hall–Kier alpha value is -1.88. The largest absolute Gasteiger partial charge is 0.298 e. The van der Waals surface area contributed by atoms with Crippen molar-refractivity contribution in [2.75, 3.05) is 5.32 Å². The Labute approximate surface area is 147 Å². The molecule has 23 heavy (non-hydrogen) atoms. The number of thiazole rings is 1. The summed E-state index contributed by atoms with van der Waals surface area (Å²) in [4.78, 5) is 16.7. The minimum atomic E-state index is -0.270. The molecule has 1 amide bonds. The topological polar surface area (TPSA) is 42.0 Å². The molecule has 0 unspecified atom stereocenters. The molecule has 0 atom stereocenters. The molecule has 0 aliphatic heterocycles. The predicted octanol–water partition coefficient (Wildman–Crippen LogP) is 5.68. The third-order valence-corrected chi connectivity index (χ3v) is 4.75. The zero-order chi connectivity index (χ0) is 16.4. The molecule has 3 rings (SSSR count). The molecular weight excluding hydrogens is 351 g/mol. The van der Waals surface area contributed by atoms with Gasteiger partial charge in [0, 0.05) is 16.5 Å². The Bertz CT molecular complexity index is 859. The molecule has 0 spiro atoms. The molecule has 3 nitrogen and oxygen atoms in total. The molecule has 1 aromatic heterocycles. The number of carbonyl (C=O) groups is 1. The number of hydrogen-bond acceptors (Lipinski definition) is 3. The first-order valence-corrected chi connectivity index (χ1v) is 8.45. The van der Waals surface area contributed by atoms with Crippen molar-refractivity contribution in [2.45, 2.75) is 6.92 Å². The number of halogens is 2. The van der Waals surface area contributed by atoms with Crippen molar-refractivity contribution in [3.63, 3.8) is 0 Å². The van der Waals surface area contributed by atoms with Crippen molar-refractivity contribution in [2.24, 2.45) is 0 Å². The number of carbonyl (C=O) groups excluding carboxylic acids is 1. The number of hydrogen-bond donors (Lipinski definition) is 1. The van der Waals surface area contributed by atoms with E-state index in [0.29, 0.717) is 20.7 Å². The highest BCUT2D eigenvalue weighted by Gasteiger charge is 2.11. The zero-order valence-electron chi connectivity index (χ0n) is 12.1. The normalized spacial score (nSPS) is 10.6. The summed E-state index contributed by atoms with van der Waals surface area (Å²) in [6.45, 7) is 2.04. The van der Waals surface area contributed by atoms with E-state index in [9.17, 15) is 4.79 Å². The van der Waals surface area contributed by atoms with Gasteiger partial charge < -0.3 is 0 Å². The number of benzene rings is 2. The summed E-state index contributed by atoms with van der Waals surface area (Å²) in [5, 5.41) is 5.99. The van der Waals surface area contributed by atoms with Crippen LogP contribution >= 0.6 is 34.5 Å². The summed E-state index contributed by atoms with van der Waals surface area (Å²) < 4.78 is 0. The second-order valence-electron chi connectivity index (χ2n) is 4.99. The van der Waals surface area contributed by atoms with Gasteiger partial charge in [-0.1, -0.05) is 53.0 Å². The van der Waals surface area contributed by atoms with Crippen LogP contribution in [0.5, 0.6) is 0 Å². The molecule has 0 saturated carbocycles. The van der Waals surface area contributed by atoms with Gasteiger partial charge in [0.15, 0.2) is 5.13 Å². The number of rotatable bonds is 3. The quantitative estimate of drug-likeness (QED) is 0.651. The van der Waals surface area contributed by atoms with E-state index in [1.54, 1.807) is 12.1 Å². The van der Waals surface area contributed by atoms with Crippen LogP contribution in [0.2, 0.25) is 10.0 Å². The van der Waals surface area contributed by atoms with Gasteiger partial charge in [-0.05, 0) is 25.1 Å². The van der Waals surface area contributed by atoms with Crippen LogP contribution in [0.4, 0.5) is 5.13 Å². The van der Waals surface area contributed by atoms with Crippen LogP contribution in [0.1, 0.15) is 15.9 Å². The van der Waals surface area contributed by atoms with E-state index in [-0.39, 0.29) is 5.91 Å². The Morgan fingerprint density at radius 3 is 2.52 bits per heavy atom. The third-order valence-electron chi connectivity index (χ3n) is 3.25. The highest BCUT2D eigenvalue weighted by atomic mass is 35.5. The fourth-order valence-corrected chi connectivity index (χ4v) is 3.01. The minimum absolute atomic E-state index is 0.270. The van der Waals surface area contributed by atoms with E-state index < -0.39 is 0 Å². The Balaban J connectivity index is 1.77. The minimum Gasteiger partial charge on any atom is -0.298 e. The predicted molar refractivity (Wildman–Crippen MR) is 96.7 cm³/mol. The van der Waals surface area contributed by atoms with Gasteiger partial charge in [-0.15, -0.1) is 11.3 Å². The zero-order valence-corrected chi connectivity index (χ0v) is 14.5. The molecule has 0 fully saturated rings. The van der Waals surface area contributed by atoms with Crippen LogP contribution in [0, 0.1) is 6.92 Å². The summed E-state index contributed by atoms with van der Waals surface area (Å²) in [5.41, 5.74) is 3.48. The Morgan fingerprint density at radius 2 is 1.83 bits per heavy atom. The molecule has 6 heteroatoms. The number of nitrogens with zero attached hydrogens (tertiary/aromatic N) is 1. The van der Waals surface area contributed by atoms with E-state index in [4.69, 9.17) is 23.2 Å². The summed E-state index contributed by atoms with van der Waals surface area (Å²) >= 11 is 13.2. The van der Waals surface area contributed by atoms with Gasteiger partial charge in [0.2, 0.25) is 0 Å². The summed E-state index contributed by atoms with van der Waals surface area (Å²) in [5.74, 6) is -0.270. The molecule has 1 heterocycles. The van der Waals surface area contributed by atoms with Crippen molar-refractivity contribution in [1.29, 1.82) is 0 Å². The number of amides is 1. The second-order valence-corrected chi connectivity index (χ2v) is 6.66. The molecule has 0 aliphatic carbocycles. The number of aryl methyl sites for hydroxylation is 1. The maximum atomic E-state index is 12.2. The highest BCUT2D eigenvalue weighted by Crippen LogP contribution is 2.26. The fraction of sp³-hybridized carbons (Fsp3) is 0.0588. The van der Waals surface area contributed by atoms with Crippen molar-refractivity contribution in [1.82, 2.24) is 4.98 Å². The van der Waals surface area contributed by atoms with Crippen LogP contribution in [0.15, 0.2) is 47.8 Å². The summed E-state index contributed by atoms with van der Waals surface area (Å²) in [7, 11) is 0. The van der Waals surface area contributed by atoms with E-state index in [1.165, 1.54) is 23.0 Å². The highest BCUT2D eigenvalue weighted by molar-refractivity contribution is 7.14. The van der Waals surface area contributed by atoms with Crippen LogP contribution in [0.25, 0.3) is 11.3 Å². The lowest BCUT2D eigenvalue weighted by atomic mass is 10.1. The first kappa shape index (κ1) is 16.0. The smallest absolute Gasteiger partial charge is 0.257 e. The Kier molecular flexibility index (Phi) is 4.66. The average molecular weight is 363 g/mol. The van der Waals surface area contributed by atoms with Crippen molar-refractivity contribution in [3.05, 3.63) is 69.0 Å². The maximum Gasteiger partial charge on any atom is 0.257 e. The lowest BCUT2D eigenvalue weighted by Gasteiger charge is -2.03. The maximum absolute atomic E-state index is 12.2. The van der Waals surface area contributed by atoms with Crippen molar-refractivity contribution >= 4 is 45.6 Å². The average Bonchev–Trinajstić information content (AvgIpc) is 2.99. The van der Waals surface area contributed by atoms with Gasteiger partial charge in [-0.25, -0.2) is 4.98 Å². The molecule has 3 aromatic rings. The molecule has 0 aliphatic rings. The standard InChI is InChI=1S/C17H12Cl2N2OS/c1-10-2-4-11(5-3-10)15-9-23-17(20-15)21-16(22)12-6-7-13(18)14(19)8-12/h2-9H,1H3,(H,20,21,22). The fourth-order valence-electron chi connectivity index (χ4n) is 1.99. The molecule has 0 bridgehead atoms. The van der Waals surface area contributed by atoms with Crippen LogP contribution < -0.4 is 5.32 Å². The second kappa shape index (κ2) is 6.71. The van der Waals surface area contributed by atoms with Crippen LogP contribution in [-0.4, -0.2) is 10.9 Å². The van der Waals surface area contributed by atoms with Crippen LogP contribution in [-0.2, 0) is 0 Å². The SMILES string of the molecule is Cc1ccc(-c2csc(NC(=O)c3ccc(Cl)c(Cl)c3)n2)cc1. The summed E-state index contributed by atoms with van der Waals surface area (Å²) in [6.07, 6.45) is 0. The van der Waals surface area contributed by atoms with Crippen LogP contribution in [0.3, 0.4) is 0 Å². The summed E-state index contributed by atoms with van der Waals surface area (Å²) in [6, 6.07) is 12.8. The van der Waals surface area contributed by atoms with Crippen molar-refractivity contribution < 1.29 is 4.79 Å². The first-order valence-electron chi connectivity index (χ1n) is 6.82. The van der Waals surface area contributed by atoms with E-state index in [0.717, 1.165) is 11.3 Å². The molecule has 0 saturated heterocycles. The lowest BCUT2D eigenvalue weighted by Crippen LogP contribution is -2.11. The van der Waals surface area contributed by atoms with E-state index in [1.807, 2.05) is 36.6 Å². The number of nitrogens with one attached hydrogen (secondary N) is 1. The number of aromatic nitrogens is 1. The van der Waals surface area contributed by atoms with Crippen molar-refractivity contribution in [3.8, 4) is 11.3 Å². The lowest BCUT2D eigenvalue weighted by molar-refractivity contribution is 0.102. The first-order chi connectivity index (χ1) is 11.0. The van der Waals surface area contributed by atoms with Gasteiger partial charge >= 0.3 is 0 Å².